The van der Waals surface area contributed by atoms with Crippen LogP contribution in [0.1, 0.15) is 56.2 Å². The molecule has 1 N–H and O–H groups in total. The van der Waals surface area contributed by atoms with E-state index >= 15 is 0 Å². The van der Waals surface area contributed by atoms with Crippen molar-refractivity contribution in [2.45, 2.75) is 52.5 Å². The first kappa shape index (κ1) is 21.9. The van der Waals surface area contributed by atoms with E-state index in [-0.39, 0.29) is 5.69 Å². The number of hydrogen-bond donors (Lipinski definition) is 1. The molecule has 0 atom stereocenters. The number of benzene rings is 2. The lowest BCUT2D eigenvalue weighted by molar-refractivity contribution is 0.354. The standard InChI is InChI=1S/C26H31N3O3/c1-15(2)18-8-7-9-19(16(3)4)25(18)27-24-14-21-20-13-23(32-6)22(31-5)12-17(20)10-11-29(21)26(30)28-24/h7-9,12-16H,10-11H2,1-6H3,(H,27,28,30). The van der Waals surface area contributed by atoms with E-state index in [1.165, 1.54) is 11.1 Å². The maximum atomic E-state index is 13.0. The molecule has 0 bridgehead atoms. The Kier molecular flexibility index (Phi) is 5.96. The molecule has 3 aromatic rings. The maximum absolute atomic E-state index is 13.0. The number of ether oxygens (including phenoxy) is 2. The summed E-state index contributed by atoms with van der Waals surface area (Å²) in [5.74, 6) is 1.99. The Morgan fingerprint density at radius 2 is 1.59 bits per heavy atom. The van der Waals surface area contributed by atoms with Crippen molar-refractivity contribution in [1.29, 1.82) is 0 Å². The Hall–Kier alpha value is -3.28. The van der Waals surface area contributed by atoms with Crippen LogP contribution in [0.25, 0.3) is 11.3 Å². The van der Waals surface area contributed by atoms with E-state index in [2.05, 4.69) is 50.9 Å². The minimum atomic E-state index is -0.158. The smallest absolute Gasteiger partial charge is 0.327 e. The number of hydrogen-bond acceptors (Lipinski definition) is 4. The maximum Gasteiger partial charge on any atom is 0.327 e. The van der Waals surface area contributed by atoms with Crippen molar-refractivity contribution in [1.82, 2.24) is 9.55 Å². The third-order valence-corrected chi connectivity index (χ3v) is 6.11. The molecule has 1 aromatic heterocycles. The summed E-state index contributed by atoms with van der Waals surface area (Å²) < 4.78 is 12.8. The van der Waals surface area contributed by atoms with Crippen LogP contribution in [0.2, 0.25) is 0 Å². The van der Waals surface area contributed by atoms with Gasteiger partial charge in [-0.3, -0.25) is 9.55 Å². The molecular formula is C26H31N3O3. The highest BCUT2D eigenvalue weighted by molar-refractivity contribution is 5.70. The molecular weight excluding hydrogens is 402 g/mol. The Bertz CT molecular complexity index is 1260. The van der Waals surface area contributed by atoms with Crippen molar-refractivity contribution in [2.24, 2.45) is 4.99 Å². The van der Waals surface area contributed by atoms with Crippen molar-refractivity contribution in [3.63, 3.8) is 0 Å². The molecule has 0 unspecified atom stereocenters. The lowest BCUT2D eigenvalue weighted by Crippen LogP contribution is -2.33. The minimum Gasteiger partial charge on any atom is -0.493 e. The molecule has 0 fully saturated rings. The molecule has 2 aromatic carbocycles. The number of aromatic amines is 1. The van der Waals surface area contributed by atoms with E-state index in [4.69, 9.17) is 14.5 Å². The van der Waals surface area contributed by atoms with Gasteiger partial charge in [0, 0.05) is 18.2 Å². The Morgan fingerprint density at radius 3 is 2.19 bits per heavy atom. The molecule has 168 valence electrons. The highest BCUT2D eigenvalue weighted by atomic mass is 16.5. The average Bonchev–Trinajstić information content (AvgIpc) is 2.77. The fourth-order valence-corrected chi connectivity index (χ4v) is 4.40. The number of methoxy groups -OCH3 is 2. The number of H-pyrrole nitrogens is 1. The zero-order chi connectivity index (χ0) is 23.0. The van der Waals surface area contributed by atoms with Gasteiger partial charge in [-0.15, -0.1) is 0 Å². The third kappa shape index (κ3) is 3.85. The van der Waals surface area contributed by atoms with Gasteiger partial charge in [-0.2, -0.15) is 0 Å². The molecule has 6 heteroatoms. The molecule has 2 heterocycles. The van der Waals surface area contributed by atoms with E-state index in [0.717, 1.165) is 28.9 Å². The fourth-order valence-electron chi connectivity index (χ4n) is 4.40. The van der Waals surface area contributed by atoms with Crippen molar-refractivity contribution < 1.29 is 9.47 Å². The highest BCUT2D eigenvalue weighted by Crippen LogP contribution is 2.38. The van der Waals surface area contributed by atoms with Crippen molar-refractivity contribution in [2.75, 3.05) is 14.2 Å². The first-order chi connectivity index (χ1) is 15.3. The van der Waals surface area contributed by atoms with Crippen LogP contribution in [0.3, 0.4) is 0 Å². The second kappa shape index (κ2) is 8.69. The fraction of sp³-hybridized carbons (Fsp3) is 0.385. The summed E-state index contributed by atoms with van der Waals surface area (Å²) in [5, 5.41) is 0. The van der Waals surface area contributed by atoms with Gasteiger partial charge >= 0.3 is 5.69 Å². The van der Waals surface area contributed by atoms with Crippen molar-refractivity contribution >= 4 is 5.69 Å². The molecule has 4 rings (SSSR count). The van der Waals surface area contributed by atoms with Gasteiger partial charge in [0.25, 0.3) is 0 Å². The number of para-hydroxylation sites is 1. The van der Waals surface area contributed by atoms with Gasteiger partial charge in [0.15, 0.2) is 11.5 Å². The van der Waals surface area contributed by atoms with Crippen molar-refractivity contribution in [3.8, 4) is 22.8 Å². The third-order valence-electron chi connectivity index (χ3n) is 6.11. The summed E-state index contributed by atoms with van der Waals surface area (Å²) in [7, 11) is 3.26. The predicted octanol–water partition coefficient (Wildman–Crippen LogP) is 4.90. The molecule has 0 amide bonds. The van der Waals surface area contributed by atoms with Gasteiger partial charge in [-0.05, 0) is 47.1 Å². The van der Waals surface area contributed by atoms with Gasteiger partial charge in [-0.25, -0.2) is 9.79 Å². The number of fused-ring (bicyclic) bond motifs is 3. The Balaban J connectivity index is 1.97. The van der Waals surface area contributed by atoms with Gasteiger partial charge in [-0.1, -0.05) is 45.9 Å². The molecule has 0 aliphatic carbocycles. The van der Waals surface area contributed by atoms with Crippen molar-refractivity contribution in [3.05, 3.63) is 69.1 Å². The van der Waals surface area contributed by atoms with E-state index in [9.17, 15) is 4.79 Å². The second-order valence-corrected chi connectivity index (χ2v) is 8.82. The first-order valence-electron chi connectivity index (χ1n) is 11.1. The van der Waals surface area contributed by atoms with E-state index in [1.54, 1.807) is 18.8 Å². The predicted molar refractivity (Wildman–Crippen MR) is 127 cm³/mol. The highest BCUT2D eigenvalue weighted by Gasteiger charge is 2.21. The lowest BCUT2D eigenvalue weighted by Gasteiger charge is -2.23. The molecule has 1 aliphatic rings. The number of aromatic nitrogens is 2. The topological polar surface area (TPSA) is 68.6 Å². The van der Waals surface area contributed by atoms with Crippen LogP contribution in [-0.4, -0.2) is 23.8 Å². The zero-order valence-corrected chi connectivity index (χ0v) is 19.7. The van der Waals surface area contributed by atoms with Gasteiger partial charge in [0.1, 0.15) is 5.49 Å². The minimum absolute atomic E-state index is 0.158. The molecule has 6 nitrogen and oxygen atoms in total. The van der Waals surface area contributed by atoms with Crippen LogP contribution in [0.15, 0.2) is 46.2 Å². The van der Waals surface area contributed by atoms with E-state index in [1.807, 2.05) is 18.2 Å². The van der Waals surface area contributed by atoms with Crippen LogP contribution in [0.4, 0.5) is 5.69 Å². The molecule has 0 saturated carbocycles. The molecule has 1 aliphatic heterocycles. The quantitative estimate of drug-likeness (QED) is 0.622. The van der Waals surface area contributed by atoms with Crippen LogP contribution in [0.5, 0.6) is 11.5 Å². The molecule has 0 radical (unpaired) electrons. The number of nitrogens with zero attached hydrogens (tertiary/aromatic N) is 2. The van der Waals surface area contributed by atoms with Gasteiger partial charge in [0.05, 0.1) is 25.6 Å². The summed E-state index contributed by atoms with van der Waals surface area (Å²) >= 11 is 0. The summed E-state index contributed by atoms with van der Waals surface area (Å²) in [6, 6.07) is 12.2. The van der Waals surface area contributed by atoms with Crippen LogP contribution in [-0.2, 0) is 13.0 Å². The summed E-state index contributed by atoms with van der Waals surface area (Å²) in [5.41, 5.74) is 6.63. The molecule has 0 spiro atoms. The number of rotatable bonds is 5. The Morgan fingerprint density at radius 1 is 0.969 bits per heavy atom. The number of nitrogens with one attached hydrogen (secondary N) is 1. The largest absolute Gasteiger partial charge is 0.493 e. The van der Waals surface area contributed by atoms with Crippen LogP contribution in [0, 0.1) is 0 Å². The summed E-state index contributed by atoms with van der Waals surface area (Å²) in [4.78, 5) is 21.0. The second-order valence-electron chi connectivity index (χ2n) is 8.82. The lowest BCUT2D eigenvalue weighted by atomic mass is 9.93. The van der Waals surface area contributed by atoms with Gasteiger partial charge in [0.2, 0.25) is 0 Å². The van der Waals surface area contributed by atoms with E-state index in [0.29, 0.717) is 35.4 Å². The molecule has 0 saturated heterocycles. The first-order valence-corrected chi connectivity index (χ1v) is 11.1. The molecule has 32 heavy (non-hydrogen) atoms. The van der Waals surface area contributed by atoms with Crippen LogP contribution >= 0.6 is 0 Å². The number of aryl methyl sites for hydroxylation is 1. The monoisotopic (exact) mass is 433 g/mol. The van der Waals surface area contributed by atoms with Crippen LogP contribution < -0.4 is 20.7 Å². The summed E-state index contributed by atoms with van der Waals surface area (Å²) in [6.07, 6.45) is 0.751. The SMILES string of the molecule is COc1cc2c(cc1OC)-c1c/c(=N\c3c(C(C)C)cccc3C(C)C)[nH]c(=O)n1CC2. The Labute approximate surface area is 188 Å². The van der Waals surface area contributed by atoms with Gasteiger partial charge < -0.3 is 9.47 Å². The average molecular weight is 434 g/mol. The summed E-state index contributed by atoms with van der Waals surface area (Å²) in [6.45, 7) is 9.27. The van der Waals surface area contributed by atoms with E-state index < -0.39 is 0 Å². The normalized spacial score (nSPS) is 13.3. The zero-order valence-electron chi connectivity index (χ0n) is 19.7.